The molecule has 2 N–H and O–H groups in total. The van der Waals surface area contributed by atoms with Crippen LogP contribution in [0.3, 0.4) is 0 Å². The average molecular weight is 161 g/mol. The van der Waals surface area contributed by atoms with Gasteiger partial charge in [0.05, 0.1) is 0 Å². The molecule has 0 aromatic carbocycles. The van der Waals surface area contributed by atoms with Gasteiger partial charge in [-0.2, -0.15) is 5.26 Å². The van der Waals surface area contributed by atoms with Crippen molar-refractivity contribution in [1.82, 2.24) is 4.98 Å². The Bertz CT molecular complexity index is 299. The van der Waals surface area contributed by atoms with Crippen LogP contribution in [0.25, 0.3) is 0 Å². The maximum Gasteiger partial charge on any atom is 0.140 e. The topological polar surface area (TPSA) is 62.7 Å². The van der Waals surface area contributed by atoms with Gasteiger partial charge in [0, 0.05) is 12.2 Å². The molecule has 3 heteroatoms. The summed E-state index contributed by atoms with van der Waals surface area (Å²) in [6, 6.07) is 5.76. The van der Waals surface area contributed by atoms with Gasteiger partial charge in [-0.15, -0.1) is 0 Å². The molecule has 1 aromatic heterocycles. The van der Waals surface area contributed by atoms with Crippen LogP contribution >= 0.6 is 0 Å². The predicted molar refractivity (Wildman–Crippen MR) is 46.3 cm³/mol. The van der Waals surface area contributed by atoms with Gasteiger partial charge < -0.3 is 5.73 Å². The molecule has 0 aliphatic heterocycles. The quantitative estimate of drug-likeness (QED) is 0.699. The van der Waals surface area contributed by atoms with E-state index in [-0.39, 0.29) is 6.04 Å². The molecule has 0 spiro atoms. The number of aromatic nitrogens is 1. The number of nitrogens with zero attached hydrogens (tertiary/aromatic N) is 2. The fourth-order valence-corrected chi connectivity index (χ4v) is 1.03. The maximum absolute atomic E-state index is 8.55. The molecule has 0 amide bonds. The highest BCUT2D eigenvalue weighted by Crippen LogP contribution is 2.02. The number of rotatable bonds is 2. The van der Waals surface area contributed by atoms with Crippen LogP contribution in [0.1, 0.15) is 18.2 Å². The van der Waals surface area contributed by atoms with E-state index in [0.717, 1.165) is 12.0 Å². The van der Waals surface area contributed by atoms with E-state index in [9.17, 15) is 0 Å². The van der Waals surface area contributed by atoms with Crippen LogP contribution in [-0.2, 0) is 6.42 Å². The van der Waals surface area contributed by atoms with Gasteiger partial charge in [-0.25, -0.2) is 4.98 Å². The number of hydrogen-bond donors (Lipinski definition) is 1. The van der Waals surface area contributed by atoms with Crippen LogP contribution < -0.4 is 5.73 Å². The lowest BCUT2D eigenvalue weighted by atomic mass is 10.1. The van der Waals surface area contributed by atoms with Crippen LogP contribution in [-0.4, -0.2) is 11.0 Å². The Balaban J connectivity index is 2.81. The molecule has 1 rings (SSSR count). The van der Waals surface area contributed by atoms with Crippen molar-refractivity contribution in [2.24, 2.45) is 5.73 Å². The molecular formula is C9H11N3. The third-order valence-electron chi connectivity index (χ3n) is 1.50. The molecule has 0 fully saturated rings. The van der Waals surface area contributed by atoms with Gasteiger partial charge in [-0.1, -0.05) is 0 Å². The molecule has 1 aromatic rings. The van der Waals surface area contributed by atoms with E-state index in [1.54, 1.807) is 12.3 Å². The smallest absolute Gasteiger partial charge is 0.140 e. The van der Waals surface area contributed by atoms with E-state index in [4.69, 9.17) is 11.0 Å². The first-order chi connectivity index (χ1) is 5.72. The summed E-state index contributed by atoms with van der Waals surface area (Å²) in [4.78, 5) is 3.86. The number of nitriles is 1. The Morgan fingerprint density at radius 1 is 1.75 bits per heavy atom. The standard InChI is InChI=1S/C9H11N3/c1-7(11)4-8-2-3-12-9(5-8)6-10/h2-3,5,7H,4,11H2,1H3. The maximum atomic E-state index is 8.55. The molecule has 0 aliphatic carbocycles. The molecule has 0 bridgehead atoms. The van der Waals surface area contributed by atoms with Crippen molar-refractivity contribution in [3.63, 3.8) is 0 Å². The van der Waals surface area contributed by atoms with Gasteiger partial charge in [0.15, 0.2) is 0 Å². The number of nitrogens with two attached hydrogens (primary N) is 1. The van der Waals surface area contributed by atoms with Crippen LogP contribution in [0.15, 0.2) is 18.3 Å². The molecule has 1 unspecified atom stereocenters. The Morgan fingerprint density at radius 2 is 2.50 bits per heavy atom. The lowest BCUT2D eigenvalue weighted by molar-refractivity contribution is 0.737. The third-order valence-corrected chi connectivity index (χ3v) is 1.50. The minimum Gasteiger partial charge on any atom is -0.328 e. The SMILES string of the molecule is CC(N)Cc1ccnc(C#N)c1. The average Bonchev–Trinajstić information content (AvgIpc) is 2.03. The van der Waals surface area contributed by atoms with E-state index in [1.165, 1.54) is 0 Å². The summed E-state index contributed by atoms with van der Waals surface area (Å²) in [7, 11) is 0. The molecule has 62 valence electrons. The lowest BCUT2D eigenvalue weighted by Gasteiger charge is -2.03. The van der Waals surface area contributed by atoms with Gasteiger partial charge >= 0.3 is 0 Å². The molecule has 0 aliphatic rings. The fourth-order valence-electron chi connectivity index (χ4n) is 1.03. The molecule has 3 nitrogen and oxygen atoms in total. The van der Waals surface area contributed by atoms with Gasteiger partial charge in [0.1, 0.15) is 11.8 Å². The zero-order chi connectivity index (χ0) is 8.97. The molecule has 12 heavy (non-hydrogen) atoms. The Morgan fingerprint density at radius 3 is 3.08 bits per heavy atom. The first-order valence-corrected chi connectivity index (χ1v) is 3.83. The number of pyridine rings is 1. The van der Waals surface area contributed by atoms with Crippen molar-refractivity contribution in [1.29, 1.82) is 5.26 Å². The van der Waals surface area contributed by atoms with Crippen molar-refractivity contribution < 1.29 is 0 Å². The predicted octanol–water partition coefficient (Wildman–Crippen LogP) is 0.843. The van der Waals surface area contributed by atoms with Crippen LogP contribution in [0.2, 0.25) is 0 Å². The highest BCUT2D eigenvalue weighted by Gasteiger charge is 1.98. The summed E-state index contributed by atoms with van der Waals surface area (Å²) in [6.07, 6.45) is 2.42. The van der Waals surface area contributed by atoms with Crippen molar-refractivity contribution in [2.45, 2.75) is 19.4 Å². The molecule has 1 heterocycles. The minimum absolute atomic E-state index is 0.124. The first kappa shape index (κ1) is 8.69. The number of hydrogen-bond acceptors (Lipinski definition) is 3. The minimum atomic E-state index is 0.124. The summed E-state index contributed by atoms with van der Waals surface area (Å²) >= 11 is 0. The molecule has 0 radical (unpaired) electrons. The summed E-state index contributed by atoms with van der Waals surface area (Å²) in [5.74, 6) is 0. The fraction of sp³-hybridized carbons (Fsp3) is 0.333. The summed E-state index contributed by atoms with van der Waals surface area (Å²) in [5.41, 5.74) is 7.13. The van der Waals surface area contributed by atoms with Gasteiger partial charge in [0.25, 0.3) is 0 Å². The zero-order valence-corrected chi connectivity index (χ0v) is 6.99. The summed E-state index contributed by atoms with van der Waals surface area (Å²) in [6.45, 7) is 1.94. The van der Waals surface area contributed by atoms with Crippen molar-refractivity contribution in [3.8, 4) is 6.07 Å². The Hall–Kier alpha value is -1.40. The summed E-state index contributed by atoms with van der Waals surface area (Å²) < 4.78 is 0. The highest BCUT2D eigenvalue weighted by molar-refractivity contribution is 5.25. The Kier molecular flexibility index (Phi) is 2.78. The van der Waals surface area contributed by atoms with E-state index < -0.39 is 0 Å². The largest absolute Gasteiger partial charge is 0.328 e. The van der Waals surface area contributed by atoms with E-state index in [0.29, 0.717) is 5.69 Å². The van der Waals surface area contributed by atoms with Gasteiger partial charge in [-0.05, 0) is 31.0 Å². The van der Waals surface area contributed by atoms with Crippen molar-refractivity contribution in [2.75, 3.05) is 0 Å². The van der Waals surface area contributed by atoms with E-state index in [1.807, 2.05) is 19.1 Å². The third kappa shape index (κ3) is 2.33. The van der Waals surface area contributed by atoms with Crippen LogP contribution in [0, 0.1) is 11.3 Å². The monoisotopic (exact) mass is 161 g/mol. The molecule has 0 saturated carbocycles. The van der Waals surface area contributed by atoms with Crippen molar-refractivity contribution in [3.05, 3.63) is 29.6 Å². The molecule has 0 saturated heterocycles. The Labute approximate surface area is 71.8 Å². The molecular weight excluding hydrogens is 150 g/mol. The zero-order valence-electron chi connectivity index (χ0n) is 6.99. The van der Waals surface area contributed by atoms with E-state index >= 15 is 0 Å². The summed E-state index contributed by atoms with van der Waals surface area (Å²) in [5, 5.41) is 8.55. The molecule has 1 atom stereocenters. The first-order valence-electron chi connectivity index (χ1n) is 3.83. The normalized spacial score (nSPS) is 12.1. The second-order valence-electron chi connectivity index (χ2n) is 2.84. The van der Waals surface area contributed by atoms with Crippen LogP contribution in [0.5, 0.6) is 0 Å². The second-order valence-corrected chi connectivity index (χ2v) is 2.84. The van der Waals surface area contributed by atoms with Gasteiger partial charge in [-0.3, -0.25) is 0 Å². The van der Waals surface area contributed by atoms with Crippen LogP contribution in [0.4, 0.5) is 0 Å². The van der Waals surface area contributed by atoms with E-state index in [2.05, 4.69) is 4.98 Å². The second kappa shape index (κ2) is 3.84. The lowest BCUT2D eigenvalue weighted by Crippen LogP contribution is -2.17. The van der Waals surface area contributed by atoms with Crippen molar-refractivity contribution >= 4 is 0 Å². The van der Waals surface area contributed by atoms with Gasteiger partial charge in [0.2, 0.25) is 0 Å². The highest BCUT2D eigenvalue weighted by atomic mass is 14.7.